The summed E-state index contributed by atoms with van der Waals surface area (Å²) in [6, 6.07) is 9.90. The molecule has 1 atom stereocenters. The smallest absolute Gasteiger partial charge is 0.316 e. The number of nitrogens with zero attached hydrogens (tertiary/aromatic N) is 1. The molecule has 1 heterocycles. The summed E-state index contributed by atoms with van der Waals surface area (Å²) in [6.07, 6.45) is 3.22. The van der Waals surface area contributed by atoms with Gasteiger partial charge in [-0.25, -0.2) is 0 Å². The molecule has 1 aromatic carbocycles. The van der Waals surface area contributed by atoms with E-state index in [1.807, 2.05) is 0 Å². The summed E-state index contributed by atoms with van der Waals surface area (Å²) < 4.78 is 10.3. The van der Waals surface area contributed by atoms with Crippen LogP contribution in [0.3, 0.4) is 0 Å². The van der Waals surface area contributed by atoms with Crippen molar-refractivity contribution in [2.45, 2.75) is 5.92 Å². The third-order valence-corrected chi connectivity index (χ3v) is 2.83. The standard InChI is InChI=1S/C15H15NO4/c1-19-15(18)14(11-4-6-12(17)7-5-11)10-20-13-3-2-8-16-9-13/h2-9,14,17H,10H2,1H3. The number of hydrogen-bond donors (Lipinski definition) is 1. The normalized spacial score (nSPS) is 11.7. The highest BCUT2D eigenvalue weighted by Gasteiger charge is 2.22. The fourth-order valence-corrected chi connectivity index (χ4v) is 1.76. The number of pyridine rings is 1. The number of phenolic OH excluding ortho intramolecular Hbond substituents is 1. The topological polar surface area (TPSA) is 68.7 Å². The van der Waals surface area contributed by atoms with Crippen molar-refractivity contribution >= 4 is 5.97 Å². The second-order valence-electron chi connectivity index (χ2n) is 4.17. The number of aromatic nitrogens is 1. The summed E-state index contributed by atoms with van der Waals surface area (Å²) in [5, 5.41) is 9.29. The quantitative estimate of drug-likeness (QED) is 0.845. The van der Waals surface area contributed by atoms with Crippen molar-refractivity contribution in [2.24, 2.45) is 0 Å². The van der Waals surface area contributed by atoms with Gasteiger partial charge in [-0.3, -0.25) is 9.78 Å². The predicted octanol–water partition coefficient (Wildman–Crippen LogP) is 2.12. The number of rotatable bonds is 5. The second-order valence-corrected chi connectivity index (χ2v) is 4.17. The third kappa shape index (κ3) is 3.47. The minimum Gasteiger partial charge on any atom is -0.508 e. The van der Waals surface area contributed by atoms with Gasteiger partial charge in [-0.15, -0.1) is 0 Å². The zero-order valence-electron chi connectivity index (χ0n) is 11.0. The van der Waals surface area contributed by atoms with Gasteiger partial charge < -0.3 is 14.6 Å². The van der Waals surface area contributed by atoms with Crippen molar-refractivity contribution in [1.82, 2.24) is 4.98 Å². The zero-order valence-corrected chi connectivity index (χ0v) is 11.0. The maximum atomic E-state index is 11.8. The van der Waals surface area contributed by atoms with Crippen LogP contribution in [0.2, 0.25) is 0 Å². The van der Waals surface area contributed by atoms with Crippen molar-refractivity contribution < 1.29 is 19.4 Å². The number of carbonyl (C=O) groups excluding carboxylic acids is 1. The number of benzene rings is 1. The molecule has 0 saturated carbocycles. The van der Waals surface area contributed by atoms with Gasteiger partial charge in [0.15, 0.2) is 0 Å². The van der Waals surface area contributed by atoms with E-state index in [4.69, 9.17) is 9.47 Å². The van der Waals surface area contributed by atoms with E-state index >= 15 is 0 Å². The van der Waals surface area contributed by atoms with Crippen LogP contribution in [0.5, 0.6) is 11.5 Å². The highest BCUT2D eigenvalue weighted by Crippen LogP contribution is 2.21. The molecule has 0 radical (unpaired) electrons. The van der Waals surface area contributed by atoms with Crippen LogP contribution in [0.1, 0.15) is 11.5 Å². The second kappa shape index (κ2) is 6.56. The number of carbonyl (C=O) groups is 1. The van der Waals surface area contributed by atoms with Gasteiger partial charge in [0.1, 0.15) is 24.0 Å². The van der Waals surface area contributed by atoms with Gasteiger partial charge in [-0.1, -0.05) is 12.1 Å². The average Bonchev–Trinajstić information content (AvgIpc) is 2.50. The lowest BCUT2D eigenvalue weighted by molar-refractivity contribution is -0.143. The molecule has 0 spiro atoms. The molecule has 20 heavy (non-hydrogen) atoms. The summed E-state index contributed by atoms with van der Waals surface area (Å²) in [5.74, 6) is -0.217. The maximum absolute atomic E-state index is 11.8. The minimum absolute atomic E-state index is 0.142. The van der Waals surface area contributed by atoms with Crippen LogP contribution in [0, 0.1) is 0 Å². The SMILES string of the molecule is COC(=O)C(COc1cccnc1)c1ccc(O)cc1. The van der Waals surface area contributed by atoms with E-state index in [0.717, 1.165) is 5.56 Å². The minimum atomic E-state index is -0.555. The first-order valence-corrected chi connectivity index (χ1v) is 6.10. The summed E-state index contributed by atoms with van der Waals surface area (Å²) in [7, 11) is 1.33. The molecule has 0 bridgehead atoms. The molecule has 5 heteroatoms. The Morgan fingerprint density at radius 2 is 2.05 bits per heavy atom. The number of methoxy groups -OCH3 is 1. The molecule has 2 rings (SSSR count). The van der Waals surface area contributed by atoms with Gasteiger partial charge >= 0.3 is 5.97 Å². The van der Waals surface area contributed by atoms with Crippen molar-refractivity contribution in [3.8, 4) is 11.5 Å². The van der Waals surface area contributed by atoms with Crippen molar-refractivity contribution in [2.75, 3.05) is 13.7 Å². The Morgan fingerprint density at radius 3 is 2.65 bits per heavy atom. The Hall–Kier alpha value is -2.56. The molecule has 104 valence electrons. The lowest BCUT2D eigenvalue weighted by atomic mass is 10.00. The average molecular weight is 273 g/mol. The highest BCUT2D eigenvalue weighted by molar-refractivity contribution is 5.78. The molecular formula is C15H15NO4. The van der Waals surface area contributed by atoms with Crippen LogP contribution >= 0.6 is 0 Å². The summed E-state index contributed by atoms with van der Waals surface area (Å²) >= 11 is 0. The Kier molecular flexibility index (Phi) is 4.55. The molecule has 0 aliphatic rings. The molecule has 0 aliphatic heterocycles. The molecule has 0 fully saturated rings. The van der Waals surface area contributed by atoms with E-state index in [0.29, 0.717) is 5.75 Å². The lowest BCUT2D eigenvalue weighted by Gasteiger charge is -2.16. The van der Waals surface area contributed by atoms with Crippen LogP contribution in [0.4, 0.5) is 0 Å². The van der Waals surface area contributed by atoms with Crippen molar-refractivity contribution in [3.63, 3.8) is 0 Å². The first kappa shape index (κ1) is 13.9. The molecule has 2 aromatic rings. The van der Waals surface area contributed by atoms with Crippen LogP contribution in [-0.2, 0) is 9.53 Å². The van der Waals surface area contributed by atoms with Crippen molar-refractivity contribution in [1.29, 1.82) is 0 Å². The number of ether oxygens (including phenoxy) is 2. The first-order valence-electron chi connectivity index (χ1n) is 6.10. The Balaban J connectivity index is 2.12. The summed E-state index contributed by atoms with van der Waals surface area (Å²) in [4.78, 5) is 15.8. The lowest BCUT2D eigenvalue weighted by Crippen LogP contribution is -2.21. The molecule has 1 unspecified atom stereocenters. The fourth-order valence-electron chi connectivity index (χ4n) is 1.76. The van der Waals surface area contributed by atoms with Gasteiger partial charge in [0.25, 0.3) is 0 Å². The zero-order chi connectivity index (χ0) is 14.4. The van der Waals surface area contributed by atoms with Crippen LogP contribution in [0.15, 0.2) is 48.8 Å². The molecule has 5 nitrogen and oxygen atoms in total. The van der Waals surface area contributed by atoms with Crippen LogP contribution in [0.25, 0.3) is 0 Å². The van der Waals surface area contributed by atoms with E-state index in [9.17, 15) is 9.90 Å². The first-order chi connectivity index (χ1) is 9.70. The molecule has 0 amide bonds. The Bertz CT molecular complexity index is 554. The number of phenols is 1. The molecule has 1 N–H and O–H groups in total. The van der Waals surface area contributed by atoms with Gasteiger partial charge in [0, 0.05) is 6.20 Å². The molecular weight excluding hydrogens is 258 g/mol. The molecule has 1 aromatic heterocycles. The van der Waals surface area contributed by atoms with Gasteiger partial charge in [-0.2, -0.15) is 0 Å². The maximum Gasteiger partial charge on any atom is 0.316 e. The highest BCUT2D eigenvalue weighted by atomic mass is 16.5. The number of esters is 1. The van der Waals surface area contributed by atoms with Gasteiger partial charge in [0.05, 0.1) is 13.3 Å². The number of aromatic hydroxyl groups is 1. The molecule has 0 saturated heterocycles. The number of hydrogen-bond acceptors (Lipinski definition) is 5. The summed E-state index contributed by atoms with van der Waals surface area (Å²) in [6.45, 7) is 0.142. The largest absolute Gasteiger partial charge is 0.508 e. The van der Waals surface area contributed by atoms with Gasteiger partial charge in [-0.05, 0) is 29.8 Å². The Labute approximate surface area is 116 Å². The van der Waals surface area contributed by atoms with E-state index < -0.39 is 5.92 Å². The third-order valence-electron chi connectivity index (χ3n) is 2.83. The molecule has 0 aliphatic carbocycles. The summed E-state index contributed by atoms with van der Waals surface area (Å²) in [5.41, 5.74) is 0.721. The van der Waals surface area contributed by atoms with Crippen molar-refractivity contribution in [3.05, 3.63) is 54.4 Å². The monoisotopic (exact) mass is 273 g/mol. The van der Waals surface area contributed by atoms with E-state index in [1.54, 1.807) is 36.7 Å². The predicted molar refractivity (Wildman–Crippen MR) is 72.6 cm³/mol. The fraction of sp³-hybridized carbons (Fsp3) is 0.200. The van der Waals surface area contributed by atoms with Gasteiger partial charge in [0.2, 0.25) is 0 Å². The van der Waals surface area contributed by atoms with E-state index in [2.05, 4.69) is 4.98 Å². The van der Waals surface area contributed by atoms with E-state index in [-0.39, 0.29) is 18.3 Å². The van der Waals surface area contributed by atoms with E-state index in [1.165, 1.54) is 19.2 Å². The van der Waals surface area contributed by atoms with Crippen LogP contribution < -0.4 is 4.74 Å². The Morgan fingerprint density at radius 1 is 1.30 bits per heavy atom. The van der Waals surface area contributed by atoms with Crippen LogP contribution in [-0.4, -0.2) is 29.8 Å².